The fourth-order valence-electron chi connectivity index (χ4n) is 0.749. The first-order chi connectivity index (χ1) is 5.11. The molecule has 0 spiro atoms. The van der Waals surface area contributed by atoms with E-state index in [0.29, 0.717) is 0 Å². The van der Waals surface area contributed by atoms with E-state index in [1.165, 1.54) is 0 Å². The summed E-state index contributed by atoms with van der Waals surface area (Å²) < 4.78 is 4.98. The molecular weight excluding hydrogens is 140 g/mol. The molecule has 64 valence electrons. The Kier molecular flexibility index (Phi) is 4.59. The zero-order chi connectivity index (χ0) is 8.85. The maximum absolute atomic E-state index is 11.1. The van der Waals surface area contributed by atoms with Gasteiger partial charge < -0.3 is 4.74 Å². The van der Waals surface area contributed by atoms with Crippen LogP contribution in [0.3, 0.4) is 0 Å². The molecule has 0 N–H and O–H groups in total. The van der Waals surface area contributed by atoms with Crippen molar-refractivity contribution in [1.29, 1.82) is 0 Å². The summed E-state index contributed by atoms with van der Waals surface area (Å²) in [4.78, 5) is 11.1. The molecule has 0 unspecified atom stereocenters. The van der Waals surface area contributed by atoms with Gasteiger partial charge in [-0.2, -0.15) is 0 Å². The largest absolute Gasteiger partial charge is 0.463 e. The number of hydrogen-bond donors (Lipinski definition) is 0. The van der Waals surface area contributed by atoms with Crippen LogP contribution in [-0.4, -0.2) is 12.1 Å². The minimum Gasteiger partial charge on any atom is -0.463 e. The van der Waals surface area contributed by atoms with Crippen LogP contribution in [0.5, 0.6) is 0 Å². The molecule has 0 bridgehead atoms. The Morgan fingerprint density at radius 3 is 2.45 bits per heavy atom. The van der Waals surface area contributed by atoms with Crippen molar-refractivity contribution in [3.8, 4) is 0 Å². The molecule has 0 radical (unpaired) electrons. The van der Waals surface area contributed by atoms with Crippen LogP contribution in [0.15, 0.2) is 12.7 Å². The Hall–Kier alpha value is -0.790. The molecule has 1 atom stereocenters. The van der Waals surface area contributed by atoms with Crippen molar-refractivity contribution in [1.82, 2.24) is 0 Å². The summed E-state index contributed by atoms with van der Waals surface area (Å²) in [5, 5.41) is 0. The fourth-order valence-corrected chi connectivity index (χ4v) is 0.749. The highest BCUT2D eigenvalue weighted by atomic mass is 16.5. The topological polar surface area (TPSA) is 26.3 Å². The van der Waals surface area contributed by atoms with Gasteiger partial charge in [0.2, 0.25) is 0 Å². The predicted octanol–water partition coefficient (Wildman–Crippen LogP) is 2.15. The molecule has 0 amide bonds. The van der Waals surface area contributed by atoms with E-state index in [9.17, 15) is 4.79 Å². The Labute approximate surface area is 68.2 Å². The lowest BCUT2D eigenvalue weighted by Gasteiger charge is -2.12. The molecule has 0 aliphatic carbocycles. The van der Waals surface area contributed by atoms with E-state index in [1.807, 2.05) is 20.8 Å². The van der Waals surface area contributed by atoms with Gasteiger partial charge in [0.25, 0.3) is 0 Å². The Balaban J connectivity index is 3.89. The van der Waals surface area contributed by atoms with Crippen LogP contribution in [0, 0.1) is 5.92 Å². The second-order valence-corrected chi connectivity index (χ2v) is 2.74. The second-order valence-electron chi connectivity index (χ2n) is 2.74. The van der Waals surface area contributed by atoms with Gasteiger partial charge in [-0.3, -0.25) is 4.79 Å². The van der Waals surface area contributed by atoms with Crippen LogP contribution in [0.25, 0.3) is 0 Å². The summed E-state index contributed by atoms with van der Waals surface area (Å²) >= 11 is 0. The predicted molar refractivity (Wildman–Crippen MR) is 45.2 cm³/mol. The van der Waals surface area contributed by atoms with E-state index in [4.69, 9.17) is 4.74 Å². The molecule has 0 saturated carbocycles. The molecule has 11 heavy (non-hydrogen) atoms. The molecule has 0 aromatic rings. The van der Waals surface area contributed by atoms with Gasteiger partial charge in [0, 0.05) is 0 Å². The normalized spacial score (nSPS) is 12.7. The van der Waals surface area contributed by atoms with Gasteiger partial charge in [-0.1, -0.05) is 13.0 Å². The van der Waals surface area contributed by atoms with Crippen molar-refractivity contribution in [3.05, 3.63) is 12.7 Å². The smallest absolute Gasteiger partial charge is 0.313 e. The number of carbonyl (C=O) groups excluding carboxylic acids is 1. The summed E-state index contributed by atoms with van der Waals surface area (Å²) in [6, 6.07) is 0. The Morgan fingerprint density at radius 2 is 2.18 bits per heavy atom. The summed E-state index contributed by atoms with van der Waals surface area (Å²) in [6.45, 7) is 9.18. The van der Waals surface area contributed by atoms with E-state index in [1.54, 1.807) is 6.08 Å². The van der Waals surface area contributed by atoms with E-state index < -0.39 is 0 Å². The third kappa shape index (κ3) is 3.81. The van der Waals surface area contributed by atoms with Crippen molar-refractivity contribution in [3.63, 3.8) is 0 Å². The van der Waals surface area contributed by atoms with Crippen LogP contribution in [0.1, 0.15) is 27.2 Å². The van der Waals surface area contributed by atoms with Crippen LogP contribution >= 0.6 is 0 Å². The highest BCUT2D eigenvalue weighted by Crippen LogP contribution is 2.07. The standard InChI is InChI=1S/C9H16O2/c1-5-8(6-2)9(10)11-7(3)4/h5,7-8H,1,6H2,2-4H3/t8-/m0/s1. The van der Waals surface area contributed by atoms with Crippen molar-refractivity contribution in [2.45, 2.75) is 33.3 Å². The molecule has 0 aliphatic heterocycles. The highest BCUT2D eigenvalue weighted by Gasteiger charge is 2.14. The van der Waals surface area contributed by atoms with Crippen molar-refractivity contribution in [2.75, 3.05) is 0 Å². The lowest BCUT2D eigenvalue weighted by molar-refractivity contribution is -0.150. The molecule has 0 rings (SSSR count). The van der Waals surface area contributed by atoms with Gasteiger partial charge in [0.15, 0.2) is 0 Å². The zero-order valence-corrected chi connectivity index (χ0v) is 7.46. The van der Waals surface area contributed by atoms with Crippen LogP contribution in [-0.2, 0) is 9.53 Å². The van der Waals surface area contributed by atoms with E-state index in [-0.39, 0.29) is 18.0 Å². The monoisotopic (exact) mass is 156 g/mol. The van der Waals surface area contributed by atoms with Crippen molar-refractivity contribution >= 4 is 5.97 Å². The highest BCUT2D eigenvalue weighted by molar-refractivity contribution is 5.74. The first kappa shape index (κ1) is 10.2. The number of ether oxygens (including phenoxy) is 1. The number of hydrogen-bond acceptors (Lipinski definition) is 2. The van der Waals surface area contributed by atoms with Crippen LogP contribution < -0.4 is 0 Å². The molecule has 0 heterocycles. The average molecular weight is 156 g/mol. The van der Waals surface area contributed by atoms with Crippen molar-refractivity contribution in [2.24, 2.45) is 5.92 Å². The maximum atomic E-state index is 11.1. The SMILES string of the molecule is C=C[C@@H](CC)C(=O)OC(C)C. The molecule has 0 aliphatic rings. The Bertz CT molecular complexity index is 138. The first-order valence-corrected chi connectivity index (χ1v) is 3.94. The molecule has 0 aromatic heterocycles. The molecular formula is C9H16O2. The number of esters is 1. The fraction of sp³-hybridized carbons (Fsp3) is 0.667. The molecule has 0 saturated heterocycles. The molecule has 0 fully saturated rings. The lowest BCUT2D eigenvalue weighted by Crippen LogP contribution is -2.18. The van der Waals surface area contributed by atoms with Crippen LogP contribution in [0.4, 0.5) is 0 Å². The summed E-state index contributed by atoms with van der Waals surface area (Å²) in [5.41, 5.74) is 0. The lowest BCUT2D eigenvalue weighted by atomic mass is 10.1. The third-order valence-electron chi connectivity index (χ3n) is 1.38. The van der Waals surface area contributed by atoms with E-state index in [0.717, 1.165) is 6.42 Å². The summed E-state index contributed by atoms with van der Waals surface area (Å²) in [6.07, 6.45) is 2.36. The van der Waals surface area contributed by atoms with Gasteiger partial charge in [0.05, 0.1) is 12.0 Å². The van der Waals surface area contributed by atoms with Gasteiger partial charge >= 0.3 is 5.97 Å². The van der Waals surface area contributed by atoms with Gasteiger partial charge in [-0.25, -0.2) is 0 Å². The summed E-state index contributed by atoms with van der Waals surface area (Å²) in [7, 11) is 0. The molecule has 2 nitrogen and oxygen atoms in total. The molecule has 0 aromatic carbocycles. The second kappa shape index (κ2) is 4.94. The van der Waals surface area contributed by atoms with Gasteiger partial charge in [-0.15, -0.1) is 6.58 Å². The summed E-state index contributed by atoms with van der Waals surface area (Å²) in [5.74, 6) is -0.310. The minimum absolute atomic E-state index is 0.0310. The van der Waals surface area contributed by atoms with Crippen molar-refractivity contribution < 1.29 is 9.53 Å². The number of rotatable bonds is 4. The van der Waals surface area contributed by atoms with E-state index >= 15 is 0 Å². The number of carbonyl (C=O) groups is 1. The quantitative estimate of drug-likeness (QED) is 0.460. The third-order valence-corrected chi connectivity index (χ3v) is 1.38. The maximum Gasteiger partial charge on any atom is 0.313 e. The van der Waals surface area contributed by atoms with Gasteiger partial charge in [-0.05, 0) is 20.3 Å². The van der Waals surface area contributed by atoms with E-state index in [2.05, 4.69) is 6.58 Å². The average Bonchev–Trinajstić information content (AvgIpc) is 1.88. The zero-order valence-electron chi connectivity index (χ0n) is 7.46. The first-order valence-electron chi connectivity index (χ1n) is 3.94. The minimum atomic E-state index is -0.169. The van der Waals surface area contributed by atoms with Crippen LogP contribution in [0.2, 0.25) is 0 Å². The van der Waals surface area contributed by atoms with Gasteiger partial charge in [0.1, 0.15) is 0 Å². The molecule has 2 heteroatoms. The Morgan fingerprint density at radius 1 is 1.64 bits per heavy atom.